The standard InChI is InChI=1S/C12H10N2O3S/c1-8-2-4-10(18-8)7-13-11-6-9(14(16)17)3-5-12(11)15/h2-7,15H,1H3. The Bertz CT molecular complexity index is 620. The van der Waals surface area contributed by atoms with E-state index in [0.29, 0.717) is 0 Å². The summed E-state index contributed by atoms with van der Waals surface area (Å²) in [6, 6.07) is 7.61. The van der Waals surface area contributed by atoms with Crippen molar-refractivity contribution in [1.29, 1.82) is 0 Å². The first-order valence-electron chi connectivity index (χ1n) is 5.14. The van der Waals surface area contributed by atoms with E-state index < -0.39 is 4.92 Å². The molecule has 18 heavy (non-hydrogen) atoms. The predicted molar refractivity (Wildman–Crippen MR) is 71.1 cm³/mol. The van der Waals surface area contributed by atoms with Crippen molar-refractivity contribution in [2.75, 3.05) is 0 Å². The molecule has 2 aromatic rings. The van der Waals surface area contributed by atoms with Gasteiger partial charge in [0, 0.05) is 28.1 Å². The Labute approximate surface area is 107 Å². The van der Waals surface area contributed by atoms with Crippen molar-refractivity contribution in [1.82, 2.24) is 0 Å². The summed E-state index contributed by atoms with van der Waals surface area (Å²) in [5.74, 6) is -0.0786. The number of nitro benzene ring substituents is 1. The molecule has 0 fully saturated rings. The number of nitrogens with zero attached hydrogens (tertiary/aromatic N) is 2. The highest BCUT2D eigenvalue weighted by atomic mass is 32.1. The van der Waals surface area contributed by atoms with Crippen molar-refractivity contribution in [3.8, 4) is 5.75 Å². The maximum absolute atomic E-state index is 10.6. The summed E-state index contributed by atoms with van der Waals surface area (Å²) in [4.78, 5) is 16.2. The molecule has 0 amide bonds. The highest BCUT2D eigenvalue weighted by Gasteiger charge is 2.09. The molecule has 0 aliphatic carbocycles. The molecule has 0 aliphatic heterocycles. The van der Waals surface area contributed by atoms with E-state index in [4.69, 9.17) is 0 Å². The number of phenols is 1. The fourth-order valence-electron chi connectivity index (χ4n) is 1.38. The van der Waals surface area contributed by atoms with Crippen LogP contribution in [0.25, 0.3) is 0 Å². The van der Waals surface area contributed by atoms with Gasteiger partial charge in [0.15, 0.2) is 0 Å². The third-order valence-corrected chi connectivity index (χ3v) is 3.20. The second-order valence-corrected chi connectivity index (χ2v) is 4.96. The second kappa shape index (κ2) is 4.97. The smallest absolute Gasteiger partial charge is 0.271 e. The number of phenolic OH excluding ortho intramolecular Hbond substituents is 1. The second-order valence-electron chi connectivity index (χ2n) is 3.64. The molecule has 0 atom stereocenters. The number of aromatic hydroxyl groups is 1. The Balaban J connectivity index is 2.30. The van der Waals surface area contributed by atoms with Crippen LogP contribution in [0.3, 0.4) is 0 Å². The number of aliphatic imine (C=N–C) groups is 1. The average Bonchev–Trinajstić information content (AvgIpc) is 2.74. The fourth-order valence-corrected chi connectivity index (χ4v) is 2.13. The lowest BCUT2D eigenvalue weighted by Gasteiger charge is -1.97. The van der Waals surface area contributed by atoms with Crippen LogP contribution in [0.2, 0.25) is 0 Å². The maximum atomic E-state index is 10.6. The lowest BCUT2D eigenvalue weighted by molar-refractivity contribution is -0.384. The van der Waals surface area contributed by atoms with E-state index in [1.54, 1.807) is 17.6 Å². The van der Waals surface area contributed by atoms with E-state index in [1.165, 1.54) is 18.2 Å². The van der Waals surface area contributed by atoms with Gasteiger partial charge in [0.05, 0.1) is 4.92 Å². The van der Waals surface area contributed by atoms with Crippen LogP contribution >= 0.6 is 11.3 Å². The van der Waals surface area contributed by atoms with Crippen LogP contribution in [0.15, 0.2) is 35.3 Å². The minimum Gasteiger partial charge on any atom is -0.506 e. The van der Waals surface area contributed by atoms with E-state index in [9.17, 15) is 15.2 Å². The van der Waals surface area contributed by atoms with E-state index in [0.717, 1.165) is 9.75 Å². The molecular formula is C12H10N2O3S. The Hall–Kier alpha value is -2.21. The van der Waals surface area contributed by atoms with Gasteiger partial charge in [-0.15, -0.1) is 11.3 Å². The van der Waals surface area contributed by atoms with Gasteiger partial charge < -0.3 is 5.11 Å². The molecule has 0 aliphatic rings. The summed E-state index contributed by atoms with van der Waals surface area (Å²) in [6.07, 6.45) is 1.58. The summed E-state index contributed by atoms with van der Waals surface area (Å²) in [5.41, 5.74) is 0.0950. The summed E-state index contributed by atoms with van der Waals surface area (Å²) in [5, 5.41) is 20.2. The van der Waals surface area contributed by atoms with Gasteiger partial charge in [-0.3, -0.25) is 15.1 Å². The van der Waals surface area contributed by atoms with Crippen molar-refractivity contribution < 1.29 is 10.0 Å². The van der Waals surface area contributed by atoms with Crippen LogP contribution in [0, 0.1) is 17.0 Å². The summed E-state index contributed by atoms with van der Waals surface area (Å²) in [6.45, 7) is 1.98. The first-order chi connectivity index (χ1) is 8.56. The zero-order valence-corrected chi connectivity index (χ0v) is 10.3. The van der Waals surface area contributed by atoms with Gasteiger partial charge in [0.2, 0.25) is 0 Å². The SMILES string of the molecule is Cc1ccc(C=Nc2cc([N+](=O)[O-])ccc2O)s1. The number of non-ortho nitro benzene ring substituents is 1. The molecule has 0 unspecified atom stereocenters. The molecule has 1 aromatic carbocycles. The van der Waals surface area contributed by atoms with Crippen molar-refractivity contribution in [2.24, 2.45) is 4.99 Å². The number of rotatable bonds is 3. The summed E-state index contributed by atoms with van der Waals surface area (Å²) < 4.78 is 0. The number of aryl methyl sites for hydroxylation is 1. The van der Waals surface area contributed by atoms with Gasteiger partial charge in [-0.1, -0.05) is 0 Å². The molecule has 0 saturated carbocycles. The minimum atomic E-state index is -0.520. The lowest BCUT2D eigenvalue weighted by Crippen LogP contribution is -1.86. The zero-order chi connectivity index (χ0) is 13.1. The molecule has 0 bridgehead atoms. The third kappa shape index (κ3) is 2.72. The quantitative estimate of drug-likeness (QED) is 0.523. The topological polar surface area (TPSA) is 75.7 Å². The van der Waals surface area contributed by atoms with Crippen LogP contribution < -0.4 is 0 Å². The van der Waals surface area contributed by atoms with Gasteiger partial charge in [0.1, 0.15) is 11.4 Å². The van der Waals surface area contributed by atoms with Crippen molar-refractivity contribution in [2.45, 2.75) is 6.92 Å². The van der Waals surface area contributed by atoms with Gasteiger partial charge in [0.25, 0.3) is 5.69 Å². The predicted octanol–water partition coefficient (Wildman–Crippen LogP) is 3.42. The van der Waals surface area contributed by atoms with Crippen LogP contribution in [0.4, 0.5) is 11.4 Å². The molecule has 2 rings (SSSR count). The van der Waals surface area contributed by atoms with Gasteiger partial charge in [-0.25, -0.2) is 0 Å². The zero-order valence-electron chi connectivity index (χ0n) is 9.53. The maximum Gasteiger partial charge on any atom is 0.271 e. The van der Waals surface area contributed by atoms with E-state index in [2.05, 4.69) is 4.99 Å². The first-order valence-corrected chi connectivity index (χ1v) is 5.96. The minimum absolute atomic E-state index is 0.0786. The van der Waals surface area contributed by atoms with Crippen LogP contribution in [-0.4, -0.2) is 16.2 Å². The molecule has 1 aromatic heterocycles. The summed E-state index contributed by atoms with van der Waals surface area (Å²) >= 11 is 1.56. The molecule has 5 nitrogen and oxygen atoms in total. The highest BCUT2D eigenvalue weighted by molar-refractivity contribution is 7.13. The molecule has 0 saturated heterocycles. The number of nitro groups is 1. The molecule has 0 radical (unpaired) electrons. The van der Waals surface area contributed by atoms with Crippen molar-refractivity contribution in [3.05, 3.63) is 50.2 Å². The Morgan fingerprint density at radius 3 is 2.78 bits per heavy atom. The Kier molecular flexibility index (Phi) is 3.38. The van der Waals surface area contributed by atoms with E-state index >= 15 is 0 Å². The Morgan fingerprint density at radius 1 is 1.39 bits per heavy atom. The normalized spacial score (nSPS) is 10.9. The third-order valence-electron chi connectivity index (χ3n) is 2.26. The summed E-state index contributed by atoms with van der Waals surface area (Å²) in [7, 11) is 0. The van der Waals surface area contributed by atoms with Crippen molar-refractivity contribution >= 4 is 28.9 Å². The Morgan fingerprint density at radius 2 is 2.17 bits per heavy atom. The fraction of sp³-hybridized carbons (Fsp3) is 0.0833. The largest absolute Gasteiger partial charge is 0.506 e. The number of hydrogen-bond acceptors (Lipinski definition) is 5. The van der Waals surface area contributed by atoms with E-state index in [-0.39, 0.29) is 17.1 Å². The number of benzene rings is 1. The highest BCUT2D eigenvalue weighted by Crippen LogP contribution is 2.30. The van der Waals surface area contributed by atoms with Crippen LogP contribution in [0.1, 0.15) is 9.75 Å². The molecule has 6 heteroatoms. The van der Waals surface area contributed by atoms with E-state index in [1.807, 2.05) is 19.1 Å². The molecule has 0 spiro atoms. The van der Waals surface area contributed by atoms with Crippen LogP contribution in [-0.2, 0) is 0 Å². The molecule has 92 valence electrons. The van der Waals surface area contributed by atoms with Gasteiger partial charge in [-0.2, -0.15) is 0 Å². The van der Waals surface area contributed by atoms with Gasteiger partial charge >= 0.3 is 0 Å². The first kappa shape index (κ1) is 12.3. The number of thiophene rings is 1. The monoisotopic (exact) mass is 262 g/mol. The molecule has 1 heterocycles. The van der Waals surface area contributed by atoms with Gasteiger partial charge in [-0.05, 0) is 25.1 Å². The molecule has 1 N–H and O–H groups in total. The lowest BCUT2D eigenvalue weighted by atomic mass is 10.2. The van der Waals surface area contributed by atoms with Crippen LogP contribution in [0.5, 0.6) is 5.75 Å². The molecular weight excluding hydrogens is 252 g/mol. The average molecular weight is 262 g/mol. The van der Waals surface area contributed by atoms with Crippen molar-refractivity contribution in [3.63, 3.8) is 0 Å². The number of hydrogen-bond donors (Lipinski definition) is 1.